The van der Waals surface area contributed by atoms with Gasteiger partial charge in [-0.05, 0) is 83.5 Å². The molecule has 11 heteroatoms. The van der Waals surface area contributed by atoms with Gasteiger partial charge in [0, 0.05) is 12.8 Å². The summed E-state index contributed by atoms with van der Waals surface area (Å²) < 4.78 is 33.7. The molecule has 0 saturated heterocycles. The Morgan fingerprint density at radius 1 is 0.649 bits per heavy atom. The quantitative estimate of drug-likeness (QED) is 0.0214. The number of carbonyl (C=O) groups excluding carboxylic acids is 2. The van der Waals surface area contributed by atoms with Crippen molar-refractivity contribution < 1.29 is 47.2 Å². The van der Waals surface area contributed by atoms with Crippen LogP contribution in [0, 0.1) is 0 Å². The maximum atomic E-state index is 12.6. The molecule has 0 spiro atoms. The summed E-state index contributed by atoms with van der Waals surface area (Å²) in [6, 6.07) is 0. The normalized spacial score (nSPS) is 15.0. The van der Waals surface area contributed by atoms with E-state index in [4.69, 9.17) is 18.5 Å². The van der Waals surface area contributed by atoms with Crippen LogP contribution >= 0.6 is 7.82 Å². The van der Waals surface area contributed by atoms with Crippen LogP contribution in [0.2, 0.25) is 0 Å². The zero-order chi connectivity index (χ0) is 42.3. The van der Waals surface area contributed by atoms with Crippen molar-refractivity contribution in [3.8, 4) is 0 Å². The number of aliphatic hydroxyl groups is 1. The topological polar surface area (TPSA) is 131 Å². The molecule has 2 unspecified atom stereocenters. The second-order valence-electron chi connectivity index (χ2n) is 15.1. The van der Waals surface area contributed by atoms with Crippen molar-refractivity contribution in [1.29, 1.82) is 0 Å². The Morgan fingerprint density at radius 3 is 1.74 bits per heavy atom. The summed E-state index contributed by atoms with van der Waals surface area (Å²) in [6.45, 7) is 3.79. The number of phosphoric ester groups is 1. The van der Waals surface area contributed by atoms with E-state index < -0.39 is 32.5 Å². The molecule has 0 aliphatic heterocycles. The number of carbonyl (C=O) groups is 2. The van der Waals surface area contributed by atoms with Crippen molar-refractivity contribution in [3.63, 3.8) is 0 Å². The Balaban J connectivity index is 4.54. The van der Waals surface area contributed by atoms with Gasteiger partial charge in [-0.2, -0.15) is 0 Å². The third-order valence-electron chi connectivity index (χ3n) is 8.46. The van der Waals surface area contributed by atoms with E-state index >= 15 is 0 Å². The second-order valence-corrected chi connectivity index (χ2v) is 16.6. The minimum atomic E-state index is -4.66. The third-order valence-corrected chi connectivity index (χ3v) is 9.42. The molecule has 0 heterocycles. The van der Waals surface area contributed by atoms with Gasteiger partial charge < -0.3 is 33.0 Å². The Morgan fingerprint density at radius 2 is 1.16 bits per heavy atom. The fraction of sp³-hybridized carbons (Fsp3) is 0.652. The lowest BCUT2D eigenvalue weighted by Crippen LogP contribution is -2.37. The van der Waals surface area contributed by atoms with Crippen LogP contribution < -0.4 is 4.89 Å². The van der Waals surface area contributed by atoms with Gasteiger partial charge in [0.15, 0.2) is 6.10 Å². The number of esters is 2. The molecule has 0 aliphatic carbocycles. The highest BCUT2D eigenvalue weighted by Gasteiger charge is 2.21. The van der Waals surface area contributed by atoms with Crippen LogP contribution in [0.15, 0.2) is 85.1 Å². The number of allylic oxidation sites excluding steroid dienone is 13. The first-order chi connectivity index (χ1) is 27.4. The van der Waals surface area contributed by atoms with Crippen LogP contribution in [0.1, 0.15) is 136 Å². The van der Waals surface area contributed by atoms with Crippen LogP contribution in [0.5, 0.6) is 0 Å². The maximum Gasteiger partial charge on any atom is 0.306 e. The van der Waals surface area contributed by atoms with E-state index in [2.05, 4.69) is 80.7 Å². The maximum absolute atomic E-state index is 12.6. The average Bonchev–Trinajstić information content (AvgIpc) is 3.15. The first-order valence-electron chi connectivity index (χ1n) is 21.4. The molecule has 57 heavy (non-hydrogen) atoms. The fourth-order valence-corrected chi connectivity index (χ4v) is 5.87. The highest BCUT2D eigenvalue weighted by Crippen LogP contribution is 2.38. The number of ether oxygens (including phenoxy) is 2. The van der Waals surface area contributed by atoms with Crippen LogP contribution in [0.25, 0.3) is 0 Å². The predicted molar refractivity (Wildman–Crippen MR) is 232 cm³/mol. The van der Waals surface area contributed by atoms with E-state index in [0.717, 1.165) is 83.5 Å². The molecule has 0 bridgehead atoms. The minimum Gasteiger partial charge on any atom is -0.756 e. The zero-order valence-electron chi connectivity index (χ0n) is 36.1. The molecule has 0 aromatic heterocycles. The Hall–Kier alpha value is -2.85. The summed E-state index contributed by atoms with van der Waals surface area (Å²) in [7, 11) is 1.08. The van der Waals surface area contributed by atoms with E-state index in [1.54, 1.807) is 0 Å². The summed E-state index contributed by atoms with van der Waals surface area (Å²) >= 11 is 0. The molecule has 0 saturated carbocycles. The van der Waals surface area contributed by atoms with Crippen LogP contribution in [0.4, 0.5) is 0 Å². The number of hydrogen-bond acceptors (Lipinski definition) is 9. The molecule has 0 amide bonds. The van der Waals surface area contributed by atoms with Crippen LogP contribution in [-0.4, -0.2) is 81.2 Å². The van der Waals surface area contributed by atoms with Crippen molar-refractivity contribution in [2.75, 3.05) is 47.5 Å². The van der Waals surface area contributed by atoms with E-state index in [-0.39, 0.29) is 32.2 Å². The van der Waals surface area contributed by atoms with Gasteiger partial charge in [0.2, 0.25) is 0 Å². The minimum absolute atomic E-state index is 0.0556. The lowest BCUT2D eigenvalue weighted by atomic mass is 10.1. The summed E-state index contributed by atoms with van der Waals surface area (Å²) in [5.74, 6) is -0.951. The molecular weight excluding hydrogens is 741 g/mol. The first-order valence-corrected chi connectivity index (χ1v) is 22.8. The van der Waals surface area contributed by atoms with Crippen molar-refractivity contribution in [2.45, 2.75) is 148 Å². The van der Waals surface area contributed by atoms with Crippen molar-refractivity contribution in [3.05, 3.63) is 85.1 Å². The van der Waals surface area contributed by atoms with Crippen LogP contribution in [0.3, 0.4) is 0 Å². The number of aliphatic hydroxyl groups excluding tert-OH is 1. The standard InChI is InChI=1S/C46H78NO9P/c1-6-8-9-10-11-12-13-14-15-18-21-24-27-30-33-37-45(49)53-41-44(42-55-57(51,52)54-40-39-47(3,4)5)56-46(50)38-34-31-28-25-22-19-16-17-20-23-26-29-32-36-43(48)35-7-2/h8-9,11-12,14-16,19-20,23,25,28-29,32,43-44,48H,6-7,10,13,17-18,21-22,24,26-27,30-31,33-42H2,1-5H3/b9-8-,12-11-,15-14-,19-16-,23-20-,28-25-,32-29-/t43?,44-/m1/s1. The molecule has 0 aromatic carbocycles. The van der Waals surface area contributed by atoms with E-state index in [1.165, 1.54) is 0 Å². The SMILES string of the molecule is CC/C=C\C/C=C\C/C=C\CCCCCCCC(=O)OC[C@H](COP(=O)([O-])OCC[N+](C)(C)C)OC(=O)CCC/C=C\C/C=C\C/C=C\C/C=C\CC(O)CCC. The Kier molecular flexibility index (Phi) is 35.6. The van der Waals surface area contributed by atoms with Gasteiger partial charge in [-0.25, -0.2) is 0 Å². The molecule has 3 atom stereocenters. The average molecular weight is 820 g/mol. The van der Waals surface area contributed by atoms with Crippen molar-refractivity contribution in [1.82, 2.24) is 0 Å². The van der Waals surface area contributed by atoms with Gasteiger partial charge in [0.25, 0.3) is 7.82 Å². The summed E-state index contributed by atoms with van der Waals surface area (Å²) in [6.07, 6.45) is 43.9. The highest BCUT2D eigenvalue weighted by molar-refractivity contribution is 7.45. The van der Waals surface area contributed by atoms with E-state index in [9.17, 15) is 24.2 Å². The van der Waals surface area contributed by atoms with Gasteiger partial charge in [-0.3, -0.25) is 14.2 Å². The summed E-state index contributed by atoms with van der Waals surface area (Å²) in [5.41, 5.74) is 0. The number of nitrogens with zero attached hydrogens (tertiary/aromatic N) is 1. The Labute approximate surface area is 346 Å². The molecule has 0 aromatic rings. The van der Waals surface area contributed by atoms with Gasteiger partial charge in [-0.1, -0.05) is 125 Å². The van der Waals surface area contributed by atoms with E-state index in [0.29, 0.717) is 36.7 Å². The Bertz CT molecular complexity index is 1260. The number of rotatable bonds is 37. The predicted octanol–water partition coefficient (Wildman–Crippen LogP) is 10.4. The molecular formula is C46H78NO9P. The highest BCUT2D eigenvalue weighted by atomic mass is 31.2. The van der Waals surface area contributed by atoms with Crippen LogP contribution in [-0.2, 0) is 32.7 Å². The number of quaternary nitrogens is 1. The number of likely N-dealkylation sites (N-methyl/N-ethyl adjacent to an activating group) is 1. The second kappa shape index (κ2) is 37.4. The van der Waals surface area contributed by atoms with Gasteiger partial charge in [0.05, 0.1) is 33.9 Å². The van der Waals surface area contributed by atoms with E-state index in [1.807, 2.05) is 39.4 Å². The number of phosphoric acid groups is 1. The fourth-order valence-electron chi connectivity index (χ4n) is 5.15. The monoisotopic (exact) mass is 820 g/mol. The van der Waals surface area contributed by atoms with Crippen molar-refractivity contribution in [2.24, 2.45) is 0 Å². The van der Waals surface area contributed by atoms with Gasteiger partial charge in [-0.15, -0.1) is 0 Å². The molecule has 1 N–H and O–H groups in total. The lowest BCUT2D eigenvalue weighted by Gasteiger charge is -2.28. The first kappa shape index (κ1) is 54.2. The summed E-state index contributed by atoms with van der Waals surface area (Å²) in [5, 5.41) is 9.73. The molecule has 10 nitrogen and oxygen atoms in total. The lowest BCUT2D eigenvalue weighted by molar-refractivity contribution is -0.870. The zero-order valence-corrected chi connectivity index (χ0v) is 37.0. The smallest absolute Gasteiger partial charge is 0.306 e. The number of unbranched alkanes of at least 4 members (excludes halogenated alkanes) is 6. The molecule has 0 aliphatic rings. The molecule has 0 fully saturated rings. The largest absolute Gasteiger partial charge is 0.756 e. The summed E-state index contributed by atoms with van der Waals surface area (Å²) in [4.78, 5) is 37.5. The molecule has 326 valence electrons. The van der Waals surface area contributed by atoms with Gasteiger partial charge in [0.1, 0.15) is 19.8 Å². The number of hydrogen-bond donors (Lipinski definition) is 1. The molecule has 0 radical (unpaired) electrons. The third kappa shape index (κ3) is 41.1. The van der Waals surface area contributed by atoms with Gasteiger partial charge >= 0.3 is 11.9 Å². The van der Waals surface area contributed by atoms with Crippen molar-refractivity contribution >= 4 is 19.8 Å². The molecule has 0 rings (SSSR count).